The van der Waals surface area contributed by atoms with E-state index >= 15 is 0 Å². The van der Waals surface area contributed by atoms with E-state index in [4.69, 9.17) is 0 Å². The number of amides is 4. The smallest absolute Gasteiger partial charge is 0.313 e. The van der Waals surface area contributed by atoms with Crippen molar-refractivity contribution in [2.24, 2.45) is 11.8 Å². The van der Waals surface area contributed by atoms with E-state index < -0.39 is 29.8 Å². The molecule has 1 aliphatic heterocycles. The number of carbonyl (C=O) groups is 5. The van der Waals surface area contributed by atoms with Crippen LogP contribution in [0.3, 0.4) is 0 Å². The summed E-state index contributed by atoms with van der Waals surface area (Å²) in [4.78, 5) is 60.3. The second-order valence-corrected chi connectivity index (χ2v) is 7.74. The molecule has 0 aliphatic carbocycles. The van der Waals surface area contributed by atoms with E-state index in [0.29, 0.717) is 24.9 Å². The lowest BCUT2D eigenvalue weighted by Gasteiger charge is -2.23. The topological polar surface area (TPSA) is 133 Å². The predicted molar refractivity (Wildman–Crippen MR) is 110 cm³/mol. The van der Waals surface area contributed by atoms with Gasteiger partial charge in [0.25, 0.3) is 0 Å². The number of benzene rings is 1. The van der Waals surface area contributed by atoms with E-state index in [-0.39, 0.29) is 30.6 Å². The largest absolute Gasteiger partial charge is 0.356 e. The lowest BCUT2D eigenvalue weighted by atomic mass is 9.98. The number of aldehydes is 1. The summed E-state index contributed by atoms with van der Waals surface area (Å²) < 4.78 is 0. The van der Waals surface area contributed by atoms with Crippen LogP contribution in [0.1, 0.15) is 33.1 Å². The van der Waals surface area contributed by atoms with E-state index in [1.165, 1.54) is 0 Å². The third kappa shape index (κ3) is 6.98. The van der Waals surface area contributed by atoms with E-state index in [0.717, 1.165) is 0 Å². The summed E-state index contributed by atoms with van der Waals surface area (Å²) in [5, 5.41) is 10.2. The molecule has 30 heavy (non-hydrogen) atoms. The highest BCUT2D eigenvalue weighted by atomic mass is 16.2. The first-order valence-corrected chi connectivity index (χ1v) is 10.0. The Kier molecular flexibility index (Phi) is 8.52. The van der Waals surface area contributed by atoms with Gasteiger partial charge in [-0.15, -0.1) is 0 Å². The molecule has 3 atom stereocenters. The van der Waals surface area contributed by atoms with Gasteiger partial charge in [-0.2, -0.15) is 0 Å². The van der Waals surface area contributed by atoms with Gasteiger partial charge in [-0.25, -0.2) is 0 Å². The van der Waals surface area contributed by atoms with Crippen molar-refractivity contribution in [2.75, 3.05) is 11.9 Å². The van der Waals surface area contributed by atoms with Gasteiger partial charge in [-0.05, 0) is 37.3 Å². The van der Waals surface area contributed by atoms with Gasteiger partial charge in [0, 0.05) is 18.2 Å². The van der Waals surface area contributed by atoms with Gasteiger partial charge in [0.2, 0.25) is 11.8 Å². The number of rotatable bonds is 9. The highest BCUT2D eigenvalue weighted by molar-refractivity contribution is 6.40. The Morgan fingerprint density at radius 1 is 1.13 bits per heavy atom. The number of hydrogen-bond acceptors (Lipinski definition) is 5. The fourth-order valence-corrected chi connectivity index (χ4v) is 3.24. The van der Waals surface area contributed by atoms with Crippen molar-refractivity contribution in [3.05, 3.63) is 30.3 Å². The molecule has 0 radical (unpaired) electrons. The minimum Gasteiger partial charge on any atom is -0.356 e. The number of hydrogen-bond donors (Lipinski definition) is 4. The van der Waals surface area contributed by atoms with Gasteiger partial charge < -0.3 is 26.1 Å². The van der Waals surface area contributed by atoms with Crippen molar-refractivity contribution in [3.63, 3.8) is 0 Å². The SMILES string of the molecule is CC(C)C[C@H](NC(=O)C(=O)Nc1ccccc1)C(=O)N[C@H](C=O)C[C@@H]1CCNC1=O. The molecule has 1 aliphatic rings. The average molecular weight is 416 g/mol. The first kappa shape index (κ1) is 23.1. The fraction of sp³-hybridized carbons (Fsp3) is 0.476. The van der Waals surface area contributed by atoms with Crippen LogP contribution in [0.25, 0.3) is 0 Å². The zero-order valence-corrected chi connectivity index (χ0v) is 17.1. The van der Waals surface area contributed by atoms with E-state index in [9.17, 15) is 24.0 Å². The van der Waals surface area contributed by atoms with Crippen LogP contribution in [-0.2, 0) is 24.0 Å². The van der Waals surface area contributed by atoms with E-state index in [1.54, 1.807) is 30.3 Å². The highest BCUT2D eigenvalue weighted by Gasteiger charge is 2.30. The Labute approximate surface area is 175 Å². The van der Waals surface area contributed by atoms with E-state index in [1.807, 2.05) is 13.8 Å². The van der Waals surface area contributed by atoms with Gasteiger partial charge in [0.05, 0.1) is 6.04 Å². The lowest BCUT2D eigenvalue weighted by Crippen LogP contribution is -2.53. The maximum atomic E-state index is 12.7. The van der Waals surface area contributed by atoms with Crippen LogP contribution in [0.5, 0.6) is 0 Å². The third-order valence-corrected chi connectivity index (χ3v) is 4.76. The summed E-state index contributed by atoms with van der Waals surface area (Å²) in [6.07, 6.45) is 1.66. The second kappa shape index (κ2) is 11.1. The molecular formula is C21H28N4O5. The Morgan fingerprint density at radius 3 is 2.40 bits per heavy atom. The van der Waals surface area contributed by atoms with Crippen LogP contribution >= 0.6 is 0 Å². The van der Waals surface area contributed by atoms with Gasteiger partial charge in [0.1, 0.15) is 12.3 Å². The first-order chi connectivity index (χ1) is 14.3. The van der Waals surface area contributed by atoms with Crippen LogP contribution in [0, 0.1) is 11.8 Å². The minimum absolute atomic E-state index is 0.0496. The summed E-state index contributed by atoms with van der Waals surface area (Å²) in [6, 6.07) is 6.64. The molecule has 162 valence electrons. The van der Waals surface area contributed by atoms with Crippen LogP contribution in [0.15, 0.2) is 30.3 Å². The van der Waals surface area contributed by atoms with Crippen molar-refractivity contribution in [1.82, 2.24) is 16.0 Å². The predicted octanol–water partition coefficient (Wildman–Crippen LogP) is 0.366. The van der Waals surface area contributed by atoms with Gasteiger partial charge in [-0.1, -0.05) is 32.0 Å². The molecule has 1 aromatic rings. The third-order valence-electron chi connectivity index (χ3n) is 4.76. The number of nitrogens with one attached hydrogen (secondary N) is 4. The zero-order valence-electron chi connectivity index (χ0n) is 17.1. The maximum Gasteiger partial charge on any atom is 0.313 e. The normalized spacial score (nSPS) is 17.6. The zero-order chi connectivity index (χ0) is 22.1. The monoisotopic (exact) mass is 416 g/mol. The molecule has 9 heteroatoms. The molecule has 0 spiro atoms. The molecule has 0 saturated carbocycles. The molecule has 0 aromatic heterocycles. The molecule has 0 bridgehead atoms. The maximum absolute atomic E-state index is 12.7. The van der Waals surface area contributed by atoms with Gasteiger partial charge in [-0.3, -0.25) is 19.2 Å². The Morgan fingerprint density at radius 2 is 1.83 bits per heavy atom. The molecule has 0 unspecified atom stereocenters. The molecule has 4 amide bonds. The first-order valence-electron chi connectivity index (χ1n) is 10.0. The molecule has 2 rings (SSSR count). The lowest BCUT2D eigenvalue weighted by molar-refractivity contribution is -0.138. The molecule has 1 heterocycles. The van der Waals surface area contributed by atoms with Crippen molar-refractivity contribution < 1.29 is 24.0 Å². The summed E-state index contributed by atoms with van der Waals surface area (Å²) in [6.45, 7) is 4.29. The van der Waals surface area contributed by atoms with Crippen LogP contribution < -0.4 is 21.3 Å². The van der Waals surface area contributed by atoms with Crippen LogP contribution in [-0.4, -0.2) is 48.5 Å². The van der Waals surface area contributed by atoms with Gasteiger partial charge >= 0.3 is 11.8 Å². The van der Waals surface area contributed by atoms with E-state index in [2.05, 4.69) is 21.3 Å². The van der Waals surface area contributed by atoms with Crippen molar-refractivity contribution >= 4 is 35.6 Å². The standard InChI is InChI=1S/C21H28N4O5/c1-13(2)10-17(25-21(30)20(29)23-15-6-4-3-5-7-15)19(28)24-16(12-26)11-14-8-9-22-18(14)27/h3-7,12-14,16-17H,8-11H2,1-2H3,(H,22,27)(H,23,29)(H,24,28)(H,25,30)/t14-,16-,17-/m0/s1. The highest BCUT2D eigenvalue weighted by Crippen LogP contribution is 2.16. The number of para-hydroxylation sites is 1. The second-order valence-electron chi connectivity index (χ2n) is 7.74. The fourth-order valence-electron chi connectivity index (χ4n) is 3.24. The van der Waals surface area contributed by atoms with Crippen molar-refractivity contribution in [2.45, 2.75) is 45.2 Å². The van der Waals surface area contributed by atoms with Gasteiger partial charge in [0.15, 0.2) is 0 Å². The molecule has 4 N–H and O–H groups in total. The summed E-state index contributed by atoms with van der Waals surface area (Å²) in [5.74, 6) is -2.83. The van der Waals surface area contributed by atoms with Crippen LogP contribution in [0.4, 0.5) is 5.69 Å². The Balaban J connectivity index is 1.97. The molecule has 1 saturated heterocycles. The molecule has 1 fully saturated rings. The molecule has 1 aromatic carbocycles. The number of carbonyl (C=O) groups excluding carboxylic acids is 5. The summed E-state index contributed by atoms with van der Waals surface area (Å²) >= 11 is 0. The minimum atomic E-state index is -0.987. The van der Waals surface area contributed by atoms with Crippen molar-refractivity contribution in [3.8, 4) is 0 Å². The summed E-state index contributed by atoms with van der Waals surface area (Å²) in [5.41, 5.74) is 0.457. The molecule has 9 nitrogen and oxygen atoms in total. The molecular weight excluding hydrogens is 388 g/mol. The van der Waals surface area contributed by atoms with Crippen molar-refractivity contribution in [1.29, 1.82) is 0 Å². The Hall–Kier alpha value is -3.23. The number of anilines is 1. The summed E-state index contributed by atoms with van der Waals surface area (Å²) in [7, 11) is 0. The Bertz CT molecular complexity index is 781. The quantitative estimate of drug-likeness (QED) is 0.341. The average Bonchev–Trinajstić information content (AvgIpc) is 3.11. The van der Waals surface area contributed by atoms with Crippen LogP contribution in [0.2, 0.25) is 0 Å².